The molecule has 1 saturated heterocycles. The number of likely N-dealkylation sites (tertiary alicyclic amines) is 1. The highest BCUT2D eigenvalue weighted by Gasteiger charge is 2.46. The first-order valence-corrected chi connectivity index (χ1v) is 12.8. The lowest BCUT2D eigenvalue weighted by Gasteiger charge is -2.27. The maximum absolute atomic E-state index is 13.4. The van der Waals surface area contributed by atoms with Gasteiger partial charge in [-0.15, -0.1) is 0 Å². The number of carbonyl (C=O) groups is 2. The molecule has 7 heteroatoms. The maximum Gasteiger partial charge on any atom is 0.295 e. The minimum Gasteiger partial charge on any atom is -0.507 e. The molecule has 1 amide bonds. The van der Waals surface area contributed by atoms with E-state index in [0.29, 0.717) is 36.6 Å². The van der Waals surface area contributed by atoms with Gasteiger partial charge in [-0.3, -0.25) is 9.59 Å². The van der Waals surface area contributed by atoms with Crippen molar-refractivity contribution in [1.82, 2.24) is 9.80 Å². The van der Waals surface area contributed by atoms with Crippen molar-refractivity contribution < 1.29 is 24.2 Å². The summed E-state index contributed by atoms with van der Waals surface area (Å²) in [4.78, 5) is 30.1. The van der Waals surface area contributed by atoms with Crippen LogP contribution in [0.3, 0.4) is 0 Å². The van der Waals surface area contributed by atoms with Gasteiger partial charge in [0.15, 0.2) is 0 Å². The van der Waals surface area contributed by atoms with Crippen LogP contribution in [0.15, 0.2) is 78.4 Å². The van der Waals surface area contributed by atoms with Gasteiger partial charge in [0.25, 0.3) is 11.7 Å². The Labute approximate surface area is 222 Å². The molecule has 0 aromatic heterocycles. The number of fused-ring (bicyclic) bond motifs is 1. The Hall–Kier alpha value is -4.10. The number of aliphatic hydroxyl groups is 1. The van der Waals surface area contributed by atoms with E-state index in [1.807, 2.05) is 92.6 Å². The molecule has 5 rings (SSSR count). The molecule has 0 aliphatic carbocycles. The number of Topliss-reactive ketones (excluding diaryl/α,β-unsaturated/α-hetero) is 1. The molecular formula is C31H32N2O5. The van der Waals surface area contributed by atoms with Crippen LogP contribution in [0.4, 0.5) is 0 Å². The minimum absolute atomic E-state index is 0.0534. The summed E-state index contributed by atoms with van der Waals surface area (Å²) in [5.41, 5.74) is 3.28. The Morgan fingerprint density at radius 1 is 1.05 bits per heavy atom. The third-order valence-corrected chi connectivity index (χ3v) is 6.92. The monoisotopic (exact) mass is 512 g/mol. The van der Waals surface area contributed by atoms with Crippen LogP contribution in [0.5, 0.6) is 11.5 Å². The lowest BCUT2D eigenvalue weighted by Crippen LogP contribution is -2.35. The predicted octanol–water partition coefficient (Wildman–Crippen LogP) is 4.57. The summed E-state index contributed by atoms with van der Waals surface area (Å²) >= 11 is 0. The van der Waals surface area contributed by atoms with Gasteiger partial charge in [0.1, 0.15) is 30.0 Å². The molecule has 1 fully saturated rings. The lowest BCUT2D eigenvalue weighted by molar-refractivity contribution is -0.140. The molecule has 2 aliphatic rings. The van der Waals surface area contributed by atoms with Crippen molar-refractivity contribution in [1.29, 1.82) is 0 Å². The maximum atomic E-state index is 13.4. The topological polar surface area (TPSA) is 79.3 Å². The zero-order valence-electron chi connectivity index (χ0n) is 21.9. The molecule has 196 valence electrons. The van der Waals surface area contributed by atoms with Gasteiger partial charge in [0.05, 0.1) is 11.6 Å². The molecule has 2 heterocycles. The second-order valence-electron chi connectivity index (χ2n) is 10.1. The summed E-state index contributed by atoms with van der Waals surface area (Å²) in [6.45, 7) is 3.29. The smallest absolute Gasteiger partial charge is 0.295 e. The van der Waals surface area contributed by atoms with Gasteiger partial charge >= 0.3 is 0 Å². The zero-order valence-corrected chi connectivity index (χ0v) is 21.9. The third-order valence-electron chi connectivity index (χ3n) is 6.92. The Morgan fingerprint density at radius 2 is 1.84 bits per heavy atom. The second kappa shape index (κ2) is 10.7. The number of carbonyl (C=O) groups excluding carboxylic acids is 2. The van der Waals surface area contributed by atoms with Crippen LogP contribution in [-0.2, 0) is 22.6 Å². The summed E-state index contributed by atoms with van der Waals surface area (Å²) < 4.78 is 11.8. The van der Waals surface area contributed by atoms with Crippen molar-refractivity contribution in [2.45, 2.75) is 32.1 Å². The molecule has 2 atom stereocenters. The third kappa shape index (κ3) is 5.15. The van der Waals surface area contributed by atoms with Crippen LogP contribution in [0, 0.1) is 0 Å². The van der Waals surface area contributed by atoms with Gasteiger partial charge in [-0.05, 0) is 68.0 Å². The average molecular weight is 513 g/mol. The highest BCUT2D eigenvalue weighted by Crippen LogP contribution is 2.41. The van der Waals surface area contributed by atoms with E-state index < -0.39 is 17.7 Å². The Balaban J connectivity index is 1.53. The Kier molecular flexibility index (Phi) is 7.20. The van der Waals surface area contributed by atoms with E-state index in [2.05, 4.69) is 0 Å². The van der Waals surface area contributed by atoms with Crippen molar-refractivity contribution in [3.8, 4) is 11.5 Å². The first-order chi connectivity index (χ1) is 18.3. The molecule has 0 spiro atoms. The summed E-state index contributed by atoms with van der Waals surface area (Å²) in [7, 11) is 3.83. The number of hydrogen-bond donors (Lipinski definition) is 1. The molecule has 0 saturated carbocycles. The molecule has 3 aromatic carbocycles. The molecule has 2 unspecified atom stereocenters. The van der Waals surface area contributed by atoms with Crippen LogP contribution in [0.2, 0.25) is 0 Å². The fraction of sp³-hybridized carbons (Fsp3) is 0.290. The van der Waals surface area contributed by atoms with E-state index in [1.165, 1.54) is 0 Å². The number of ether oxygens (including phenoxy) is 2. The fourth-order valence-electron chi connectivity index (χ4n) is 5.01. The number of ketones is 1. The van der Waals surface area contributed by atoms with Gasteiger partial charge in [-0.1, -0.05) is 42.5 Å². The van der Waals surface area contributed by atoms with Crippen molar-refractivity contribution >= 4 is 17.4 Å². The van der Waals surface area contributed by atoms with Gasteiger partial charge < -0.3 is 24.4 Å². The summed E-state index contributed by atoms with van der Waals surface area (Å²) in [6.07, 6.45) is 0.773. The predicted molar refractivity (Wildman–Crippen MR) is 145 cm³/mol. The molecular weight excluding hydrogens is 480 g/mol. The number of hydrogen-bond acceptors (Lipinski definition) is 6. The van der Waals surface area contributed by atoms with Gasteiger partial charge in [0.2, 0.25) is 0 Å². The largest absolute Gasteiger partial charge is 0.507 e. The van der Waals surface area contributed by atoms with Gasteiger partial charge in [-0.2, -0.15) is 0 Å². The first-order valence-electron chi connectivity index (χ1n) is 12.8. The molecule has 0 radical (unpaired) electrons. The summed E-state index contributed by atoms with van der Waals surface area (Å²) in [6, 6.07) is 21.9. The van der Waals surface area contributed by atoms with Crippen molar-refractivity contribution in [3.05, 3.63) is 101 Å². The molecule has 1 N–H and O–H groups in total. The van der Waals surface area contributed by atoms with E-state index in [1.54, 1.807) is 11.0 Å². The zero-order chi connectivity index (χ0) is 26.8. The first kappa shape index (κ1) is 25.5. The number of rotatable bonds is 8. The molecule has 2 aliphatic heterocycles. The van der Waals surface area contributed by atoms with Crippen LogP contribution in [0.25, 0.3) is 5.76 Å². The van der Waals surface area contributed by atoms with Crippen LogP contribution in [0.1, 0.15) is 35.2 Å². The summed E-state index contributed by atoms with van der Waals surface area (Å²) in [5.74, 6) is -0.0914. The quantitative estimate of drug-likeness (QED) is 0.271. The normalized spacial score (nSPS) is 20.1. The highest BCUT2D eigenvalue weighted by atomic mass is 16.5. The van der Waals surface area contributed by atoms with E-state index in [-0.39, 0.29) is 17.4 Å². The summed E-state index contributed by atoms with van der Waals surface area (Å²) in [5, 5.41) is 11.5. The van der Waals surface area contributed by atoms with Crippen LogP contribution in [-0.4, -0.2) is 59.9 Å². The van der Waals surface area contributed by atoms with Crippen LogP contribution >= 0.6 is 0 Å². The van der Waals surface area contributed by atoms with E-state index in [4.69, 9.17) is 9.47 Å². The van der Waals surface area contributed by atoms with E-state index in [0.717, 1.165) is 23.3 Å². The Bertz CT molecular complexity index is 1380. The fourth-order valence-corrected chi connectivity index (χ4v) is 5.01. The number of benzene rings is 3. The molecule has 3 aromatic rings. The van der Waals surface area contributed by atoms with Crippen molar-refractivity contribution in [3.63, 3.8) is 0 Å². The second-order valence-corrected chi connectivity index (χ2v) is 10.1. The SMILES string of the molecule is CC1Cc2cc(/C(O)=C3\C(=O)C(=O)N(CCN(C)C)C3c3cccc(OCc4ccccc4)c3)ccc2O1. The average Bonchev–Trinajstić information content (AvgIpc) is 3.41. The molecule has 7 nitrogen and oxygen atoms in total. The van der Waals surface area contributed by atoms with E-state index >= 15 is 0 Å². The minimum atomic E-state index is -0.737. The lowest BCUT2D eigenvalue weighted by atomic mass is 9.94. The number of likely N-dealkylation sites (N-methyl/N-ethyl adjacent to an activating group) is 1. The van der Waals surface area contributed by atoms with Gasteiger partial charge in [0, 0.05) is 25.1 Å². The van der Waals surface area contributed by atoms with Crippen molar-refractivity contribution in [2.24, 2.45) is 0 Å². The molecule has 38 heavy (non-hydrogen) atoms. The highest BCUT2D eigenvalue weighted by molar-refractivity contribution is 6.46. The number of nitrogens with zero attached hydrogens (tertiary/aromatic N) is 2. The number of aliphatic hydroxyl groups excluding tert-OH is 1. The van der Waals surface area contributed by atoms with Crippen LogP contribution < -0.4 is 9.47 Å². The van der Waals surface area contributed by atoms with E-state index in [9.17, 15) is 14.7 Å². The standard InChI is InChI=1S/C31H32N2O5/c1-20-16-24-17-23(12-13-26(24)38-20)29(34)27-28(33(15-14-32(2)3)31(36)30(27)35)22-10-7-11-25(18-22)37-19-21-8-5-4-6-9-21/h4-13,17-18,20,28,34H,14-16,19H2,1-3H3/b29-27+. The molecule has 0 bridgehead atoms. The van der Waals surface area contributed by atoms with Crippen molar-refractivity contribution in [2.75, 3.05) is 27.2 Å². The Morgan fingerprint density at radius 3 is 2.61 bits per heavy atom. The van der Waals surface area contributed by atoms with Gasteiger partial charge in [-0.25, -0.2) is 0 Å². The number of amides is 1.